The van der Waals surface area contributed by atoms with Crippen LogP contribution in [0, 0.1) is 6.92 Å². The third-order valence-electron chi connectivity index (χ3n) is 3.14. The molecule has 0 saturated carbocycles. The standard InChI is InChI=1S/C16H12O5/c1-9-7-12(17)16-15(20-9)11(8-13(18)19)14(21-16)10-5-3-2-4-6-10/h2-7H,8H2,1H3,(H,18,19). The summed E-state index contributed by atoms with van der Waals surface area (Å²) in [7, 11) is 0. The minimum Gasteiger partial charge on any atom is -0.481 e. The predicted molar refractivity (Wildman–Crippen MR) is 76.3 cm³/mol. The molecule has 0 amide bonds. The lowest BCUT2D eigenvalue weighted by molar-refractivity contribution is -0.136. The first-order valence-electron chi connectivity index (χ1n) is 6.39. The highest BCUT2D eigenvalue weighted by atomic mass is 16.4. The van der Waals surface area contributed by atoms with E-state index in [4.69, 9.17) is 13.9 Å². The van der Waals surface area contributed by atoms with Crippen molar-refractivity contribution < 1.29 is 18.7 Å². The van der Waals surface area contributed by atoms with E-state index in [0.717, 1.165) is 0 Å². The third-order valence-corrected chi connectivity index (χ3v) is 3.14. The molecule has 0 bridgehead atoms. The van der Waals surface area contributed by atoms with Crippen LogP contribution in [0.2, 0.25) is 0 Å². The van der Waals surface area contributed by atoms with E-state index in [9.17, 15) is 9.59 Å². The molecule has 0 fully saturated rings. The molecule has 5 nitrogen and oxygen atoms in total. The van der Waals surface area contributed by atoms with Gasteiger partial charge < -0.3 is 13.9 Å². The lowest BCUT2D eigenvalue weighted by atomic mass is 10.1. The third kappa shape index (κ3) is 2.33. The van der Waals surface area contributed by atoms with Gasteiger partial charge in [0.15, 0.2) is 5.58 Å². The molecule has 3 rings (SSSR count). The van der Waals surface area contributed by atoms with Crippen molar-refractivity contribution in [1.82, 2.24) is 0 Å². The lowest BCUT2D eigenvalue weighted by Gasteiger charge is -2.00. The highest BCUT2D eigenvalue weighted by Gasteiger charge is 2.22. The van der Waals surface area contributed by atoms with Gasteiger partial charge in [0.05, 0.1) is 12.0 Å². The monoisotopic (exact) mass is 284 g/mol. The molecule has 0 atom stereocenters. The quantitative estimate of drug-likeness (QED) is 0.799. The Hall–Kier alpha value is -2.82. The van der Waals surface area contributed by atoms with Crippen LogP contribution in [-0.2, 0) is 11.2 Å². The van der Waals surface area contributed by atoms with Crippen molar-refractivity contribution in [3.8, 4) is 11.3 Å². The molecule has 1 N–H and O–H groups in total. The Morgan fingerprint density at radius 3 is 2.52 bits per heavy atom. The molecule has 0 radical (unpaired) electrons. The summed E-state index contributed by atoms with van der Waals surface area (Å²) in [5.41, 5.74) is 1.03. The highest BCUT2D eigenvalue weighted by molar-refractivity contribution is 5.87. The van der Waals surface area contributed by atoms with Crippen LogP contribution in [0.25, 0.3) is 22.5 Å². The summed E-state index contributed by atoms with van der Waals surface area (Å²) < 4.78 is 11.1. The predicted octanol–water partition coefficient (Wildman–Crippen LogP) is 2.99. The summed E-state index contributed by atoms with van der Waals surface area (Å²) in [6, 6.07) is 10.4. The number of carbonyl (C=O) groups is 1. The van der Waals surface area contributed by atoms with Crippen molar-refractivity contribution in [1.29, 1.82) is 0 Å². The van der Waals surface area contributed by atoms with Crippen LogP contribution in [0.3, 0.4) is 0 Å². The Morgan fingerprint density at radius 2 is 1.86 bits per heavy atom. The van der Waals surface area contributed by atoms with Crippen LogP contribution < -0.4 is 5.43 Å². The molecule has 0 aliphatic carbocycles. The fourth-order valence-corrected chi connectivity index (χ4v) is 2.30. The number of carboxylic acids is 1. The molecular formula is C16H12O5. The van der Waals surface area contributed by atoms with Crippen molar-refractivity contribution >= 4 is 17.1 Å². The van der Waals surface area contributed by atoms with Gasteiger partial charge in [-0.2, -0.15) is 0 Å². The minimum absolute atomic E-state index is 0.0516. The molecule has 0 unspecified atom stereocenters. The zero-order chi connectivity index (χ0) is 15.0. The molecule has 3 aromatic rings. The molecule has 21 heavy (non-hydrogen) atoms. The normalized spacial score (nSPS) is 10.9. The van der Waals surface area contributed by atoms with Gasteiger partial charge in [-0.1, -0.05) is 30.3 Å². The minimum atomic E-state index is -1.01. The maximum atomic E-state index is 12.0. The molecule has 0 aliphatic heterocycles. The first-order valence-corrected chi connectivity index (χ1v) is 6.39. The van der Waals surface area contributed by atoms with Gasteiger partial charge >= 0.3 is 5.97 Å². The van der Waals surface area contributed by atoms with Crippen LogP contribution in [0.5, 0.6) is 0 Å². The average Bonchev–Trinajstić information content (AvgIpc) is 2.78. The smallest absolute Gasteiger partial charge is 0.308 e. The second-order valence-electron chi connectivity index (χ2n) is 4.73. The van der Waals surface area contributed by atoms with Gasteiger partial charge in [0.25, 0.3) is 0 Å². The summed E-state index contributed by atoms with van der Waals surface area (Å²) in [4.78, 5) is 23.1. The maximum absolute atomic E-state index is 12.0. The van der Waals surface area contributed by atoms with Gasteiger partial charge in [-0.3, -0.25) is 9.59 Å². The Morgan fingerprint density at radius 1 is 1.14 bits per heavy atom. The Balaban J connectivity index is 2.36. The summed E-state index contributed by atoms with van der Waals surface area (Å²) in [6.45, 7) is 1.64. The number of furan rings is 1. The first-order chi connectivity index (χ1) is 10.1. The number of benzene rings is 1. The summed E-state index contributed by atoms with van der Waals surface area (Å²) >= 11 is 0. The average molecular weight is 284 g/mol. The van der Waals surface area contributed by atoms with Crippen LogP contribution in [0.15, 0.2) is 50.0 Å². The van der Waals surface area contributed by atoms with Gasteiger partial charge in [0.2, 0.25) is 11.0 Å². The van der Waals surface area contributed by atoms with E-state index in [1.807, 2.05) is 18.2 Å². The molecule has 5 heteroatoms. The van der Waals surface area contributed by atoms with Crippen molar-refractivity contribution in [2.24, 2.45) is 0 Å². The molecule has 2 aromatic heterocycles. The molecule has 106 valence electrons. The summed E-state index contributed by atoms with van der Waals surface area (Å²) in [5.74, 6) is -0.238. The number of fused-ring (bicyclic) bond motifs is 1. The fourth-order valence-electron chi connectivity index (χ4n) is 2.30. The van der Waals surface area contributed by atoms with Crippen molar-refractivity contribution in [3.63, 3.8) is 0 Å². The van der Waals surface area contributed by atoms with E-state index in [1.54, 1.807) is 19.1 Å². The number of rotatable bonds is 3. The second kappa shape index (κ2) is 4.94. The van der Waals surface area contributed by atoms with E-state index in [1.165, 1.54) is 6.07 Å². The van der Waals surface area contributed by atoms with E-state index >= 15 is 0 Å². The van der Waals surface area contributed by atoms with Crippen LogP contribution in [0.4, 0.5) is 0 Å². The van der Waals surface area contributed by atoms with Crippen LogP contribution in [0.1, 0.15) is 11.3 Å². The van der Waals surface area contributed by atoms with Crippen LogP contribution in [-0.4, -0.2) is 11.1 Å². The summed E-state index contributed by atoms with van der Waals surface area (Å²) in [5, 5.41) is 9.09. The summed E-state index contributed by atoms with van der Waals surface area (Å²) in [6.07, 6.45) is -0.274. The van der Waals surface area contributed by atoms with Gasteiger partial charge in [-0.15, -0.1) is 0 Å². The molecule has 0 aliphatic rings. The van der Waals surface area contributed by atoms with Gasteiger partial charge in [-0.05, 0) is 6.92 Å². The number of aliphatic carboxylic acids is 1. The second-order valence-corrected chi connectivity index (χ2v) is 4.73. The van der Waals surface area contributed by atoms with E-state index < -0.39 is 5.97 Å². The fraction of sp³-hybridized carbons (Fsp3) is 0.125. The topological polar surface area (TPSA) is 80.7 Å². The molecule has 0 saturated heterocycles. The maximum Gasteiger partial charge on any atom is 0.308 e. The largest absolute Gasteiger partial charge is 0.481 e. The molecule has 0 spiro atoms. The van der Waals surface area contributed by atoms with E-state index in [2.05, 4.69) is 0 Å². The zero-order valence-corrected chi connectivity index (χ0v) is 11.3. The van der Waals surface area contributed by atoms with Gasteiger partial charge in [0.1, 0.15) is 11.5 Å². The Labute approximate surface area is 119 Å². The van der Waals surface area contributed by atoms with Crippen LogP contribution >= 0.6 is 0 Å². The number of carboxylic acid groups (broad SMARTS) is 1. The molecule has 2 heterocycles. The Kier molecular flexibility index (Phi) is 3.10. The van der Waals surface area contributed by atoms with E-state index in [-0.39, 0.29) is 23.0 Å². The number of hydrogen-bond acceptors (Lipinski definition) is 4. The zero-order valence-electron chi connectivity index (χ0n) is 11.3. The van der Waals surface area contributed by atoms with E-state index in [0.29, 0.717) is 22.6 Å². The molecule has 1 aromatic carbocycles. The number of hydrogen-bond donors (Lipinski definition) is 1. The highest BCUT2D eigenvalue weighted by Crippen LogP contribution is 2.33. The lowest BCUT2D eigenvalue weighted by Crippen LogP contribution is -2.02. The Bertz CT molecular complexity index is 871. The molecular weight excluding hydrogens is 272 g/mol. The number of aryl methyl sites for hydroxylation is 1. The van der Waals surface area contributed by atoms with Crippen molar-refractivity contribution in [2.75, 3.05) is 0 Å². The van der Waals surface area contributed by atoms with Gasteiger partial charge in [0, 0.05) is 11.6 Å². The first kappa shape index (κ1) is 13.2. The SMILES string of the molecule is Cc1cc(=O)c2oc(-c3ccccc3)c(CC(=O)O)c2o1. The van der Waals surface area contributed by atoms with Gasteiger partial charge in [-0.25, -0.2) is 0 Å². The van der Waals surface area contributed by atoms with Crippen molar-refractivity contribution in [2.45, 2.75) is 13.3 Å². The van der Waals surface area contributed by atoms with Crippen molar-refractivity contribution in [3.05, 3.63) is 57.9 Å².